The summed E-state index contributed by atoms with van der Waals surface area (Å²) in [5.74, 6) is 0.618. The summed E-state index contributed by atoms with van der Waals surface area (Å²) >= 11 is 7.19. The van der Waals surface area contributed by atoms with Crippen LogP contribution in [-0.4, -0.2) is 36.9 Å². The van der Waals surface area contributed by atoms with E-state index < -0.39 is 23.2 Å². The number of fused-ring (bicyclic) bond motifs is 3. The van der Waals surface area contributed by atoms with Crippen molar-refractivity contribution in [2.24, 2.45) is 0 Å². The van der Waals surface area contributed by atoms with Gasteiger partial charge in [-0.3, -0.25) is 9.80 Å². The Morgan fingerprint density at radius 3 is 2.11 bits per heavy atom. The average molecular weight is 493 g/mol. The Labute approximate surface area is 208 Å². The van der Waals surface area contributed by atoms with Crippen molar-refractivity contribution < 1.29 is 23.8 Å². The number of amides is 2. The molecule has 2 heterocycles. The third-order valence-corrected chi connectivity index (χ3v) is 7.01. The summed E-state index contributed by atoms with van der Waals surface area (Å²) in [4.78, 5) is 28.5. The second-order valence-corrected chi connectivity index (χ2v) is 9.19. The number of hydrogen-bond acceptors (Lipinski definition) is 5. The Bertz CT molecular complexity index is 1220. The highest BCUT2D eigenvalue weighted by molar-refractivity contribution is 6.27. The maximum atomic E-state index is 13.4. The molecule has 1 fully saturated rings. The van der Waals surface area contributed by atoms with Crippen LogP contribution in [0.15, 0.2) is 78.9 Å². The number of alkyl halides is 1. The van der Waals surface area contributed by atoms with E-state index >= 15 is 0 Å². The first-order valence-electron chi connectivity index (χ1n) is 11.4. The van der Waals surface area contributed by atoms with E-state index in [2.05, 4.69) is 0 Å². The number of carbonyl (C=O) groups is 2. The Morgan fingerprint density at radius 2 is 1.51 bits per heavy atom. The van der Waals surface area contributed by atoms with Gasteiger partial charge in [0.15, 0.2) is 0 Å². The van der Waals surface area contributed by atoms with Gasteiger partial charge in [0.05, 0.1) is 12.8 Å². The Morgan fingerprint density at radius 1 is 0.914 bits per heavy atom. The van der Waals surface area contributed by atoms with Crippen molar-refractivity contribution in [3.05, 3.63) is 95.6 Å². The monoisotopic (exact) mass is 492 g/mol. The minimum atomic E-state index is -1.01. The summed E-state index contributed by atoms with van der Waals surface area (Å²) in [6.07, 6.45) is -1.47. The minimum absolute atomic E-state index is 0.0993. The lowest BCUT2D eigenvalue weighted by Gasteiger charge is -2.33. The molecule has 2 amide bonds. The number of benzene rings is 3. The number of carbonyl (C=O) groups excluding carboxylic acids is 2. The number of methoxy groups -OCH3 is 1. The van der Waals surface area contributed by atoms with Gasteiger partial charge in [0, 0.05) is 12.1 Å². The fourth-order valence-corrected chi connectivity index (χ4v) is 5.15. The summed E-state index contributed by atoms with van der Waals surface area (Å²) in [5.41, 5.74) is 3.04. The average Bonchev–Trinajstić information content (AvgIpc) is 3.37. The van der Waals surface area contributed by atoms with E-state index in [1.807, 2.05) is 66.7 Å². The van der Waals surface area contributed by atoms with Gasteiger partial charge in [-0.05, 0) is 35.7 Å². The zero-order chi connectivity index (χ0) is 24.4. The van der Waals surface area contributed by atoms with Crippen molar-refractivity contribution >= 4 is 29.5 Å². The van der Waals surface area contributed by atoms with Gasteiger partial charge in [-0.1, -0.05) is 60.7 Å². The fourth-order valence-electron chi connectivity index (χ4n) is 4.70. The zero-order valence-electron chi connectivity index (χ0n) is 19.2. The predicted molar refractivity (Wildman–Crippen MR) is 131 cm³/mol. The predicted octanol–water partition coefficient (Wildman–Crippen LogP) is 5.65. The lowest BCUT2D eigenvalue weighted by Crippen LogP contribution is -2.52. The third kappa shape index (κ3) is 4.28. The second kappa shape index (κ2) is 9.50. The highest BCUT2D eigenvalue weighted by Crippen LogP contribution is 2.55. The molecule has 2 aliphatic heterocycles. The largest absolute Gasteiger partial charge is 0.497 e. The van der Waals surface area contributed by atoms with Crippen LogP contribution < -0.4 is 9.64 Å². The van der Waals surface area contributed by atoms with E-state index in [9.17, 15) is 9.59 Å². The van der Waals surface area contributed by atoms with Gasteiger partial charge in [0.2, 0.25) is 0 Å². The normalized spacial score (nSPS) is 20.2. The molecular weight excluding hydrogens is 468 g/mol. The molecule has 0 aliphatic carbocycles. The van der Waals surface area contributed by atoms with Crippen LogP contribution in [0.5, 0.6) is 5.75 Å². The van der Waals surface area contributed by atoms with E-state index in [1.54, 1.807) is 19.2 Å². The van der Waals surface area contributed by atoms with Crippen molar-refractivity contribution in [1.29, 1.82) is 0 Å². The van der Waals surface area contributed by atoms with Crippen LogP contribution in [0.3, 0.4) is 0 Å². The molecule has 0 radical (unpaired) electrons. The quantitative estimate of drug-likeness (QED) is 0.430. The summed E-state index contributed by atoms with van der Waals surface area (Å²) in [7, 11) is 1.57. The maximum absolute atomic E-state index is 13.4. The van der Waals surface area contributed by atoms with Crippen molar-refractivity contribution in [3.63, 3.8) is 0 Å². The first kappa shape index (κ1) is 23.1. The molecule has 8 heteroatoms. The van der Waals surface area contributed by atoms with Gasteiger partial charge < -0.3 is 14.2 Å². The highest BCUT2D eigenvalue weighted by atomic mass is 35.5. The number of nitrogens with zero attached hydrogens (tertiary/aromatic N) is 2. The van der Waals surface area contributed by atoms with E-state index in [-0.39, 0.29) is 13.2 Å². The fraction of sp³-hybridized carbons (Fsp3) is 0.259. The van der Waals surface area contributed by atoms with E-state index in [0.29, 0.717) is 24.4 Å². The van der Waals surface area contributed by atoms with Crippen LogP contribution in [0.4, 0.5) is 15.3 Å². The van der Waals surface area contributed by atoms with Gasteiger partial charge in [-0.15, -0.1) is 11.6 Å². The molecule has 35 heavy (non-hydrogen) atoms. The summed E-state index contributed by atoms with van der Waals surface area (Å²) in [6.45, 7) is 0.556. The molecular formula is C27H25ClN2O5. The first-order valence-corrected chi connectivity index (χ1v) is 11.7. The molecule has 0 unspecified atom stereocenters. The summed E-state index contributed by atoms with van der Waals surface area (Å²) in [5, 5.41) is 0. The molecule has 5 rings (SSSR count). The lowest BCUT2D eigenvalue weighted by molar-refractivity contribution is 0.0869. The molecule has 7 nitrogen and oxygen atoms in total. The van der Waals surface area contributed by atoms with Crippen LogP contribution in [-0.2, 0) is 27.6 Å². The van der Waals surface area contributed by atoms with Gasteiger partial charge in [0.1, 0.15) is 30.0 Å². The van der Waals surface area contributed by atoms with E-state index in [4.69, 9.17) is 25.8 Å². The number of halogens is 1. The van der Waals surface area contributed by atoms with Crippen molar-refractivity contribution in [2.75, 3.05) is 18.6 Å². The number of likely N-dealkylation sites (tertiary alicyclic amines) is 1. The highest BCUT2D eigenvalue weighted by Gasteiger charge is 2.60. The van der Waals surface area contributed by atoms with Crippen LogP contribution in [0.1, 0.15) is 23.1 Å². The van der Waals surface area contributed by atoms with Crippen LogP contribution in [0.2, 0.25) is 0 Å². The van der Waals surface area contributed by atoms with Crippen molar-refractivity contribution in [1.82, 2.24) is 4.90 Å². The maximum Gasteiger partial charge on any atom is 0.416 e. The van der Waals surface area contributed by atoms with Gasteiger partial charge >= 0.3 is 12.2 Å². The molecule has 3 aromatic rings. The second-order valence-electron chi connectivity index (χ2n) is 8.51. The molecule has 0 spiro atoms. The Balaban J connectivity index is 1.42. The third-order valence-electron chi connectivity index (χ3n) is 6.42. The number of anilines is 1. The van der Waals surface area contributed by atoms with E-state index in [1.165, 1.54) is 9.80 Å². The Kier molecular flexibility index (Phi) is 6.26. The van der Waals surface area contributed by atoms with Crippen LogP contribution in [0, 0.1) is 0 Å². The molecule has 180 valence electrons. The summed E-state index contributed by atoms with van der Waals surface area (Å²) in [6, 6.07) is 24.2. The summed E-state index contributed by atoms with van der Waals surface area (Å²) < 4.78 is 16.6. The van der Waals surface area contributed by atoms with Gasteiger partial charge in [-0.2, -0.15) is 0 Å². The molecule has 0 saturated carbocycles. The van der Waals surface area contributed by atoms with Gasteiger partial charge in [-0.25, -0.2) is 9.59 Å². The molecule has 2 aliphatic rings. The molecule has 3 aromatic carbocycles. The molecule has 0 aromatic heterocycles. The number of rotatable bonds is 5. The van der Waals surface area contributed by atoms with Crippen molar-refractivity contribution in [3.8, 4) is 5.75 Å². The molecule has 1 saturated heterocycles. The van der Waals surface area contributed by atoms with E-state index in [0.717, 1.165) is 16.7 Å². The van der Waals surface area contributed by atoms with Crippen LogP contribution in [0.25, 0.3) is 0 Å². The SMILES string of the molecule is COc1ccc2c(c1)[C@]1(Cl)CCN(C(=O)OCc3ccccc3)[C@@H]1N2C(=O)OCc1ccccc1. The molecule has 2 atom stereocenters. The van der Waals surface area contributed by atoms with Crippen molar-refractivity contribution in [2.45, 2.75) is 30.7 Å². The smallest absolute Gasteiger partial charge is 0.416 e. The first-order chi connectivity index (χ1) is 17.0. The van der Waals surface area contributed by atoms with Crippen LogP contribution >= 0.6 is 11.6 Å². The molecule has 0 bridgehead atoms. The number of hydrogen-bond donors (Lipinski definition) is 0. The lowest BCUT2D eigenvalue weighted by atomic mass is 9.97. The zero-order valence-corrected chi connectivity index (χ0v) is 20.0. The Hall–Kier alpha value is -3.71. The van der Waals surface area contributed by atoms with Gasteiger partial charge in [0.25, 0.3) is 0 Å². The molecule has 0 N–H and O–H groups in total. The minimum Gasteiger partial charge on any atom is -0.497 e. The topological polar surface area (TPSA) is 68.3 Å². The number of ether oxygens (including phenoxy) is 3. The standard InChI is InChI=1S/C27H25ClN2O5/c1-33-21-12-13-23-22(16-21)27(28)14-15-29(25(31)34-17-19-8-4-2-5-9-19)24(27)30(23)26(32)35-18-20-10-6-3-7-11-20/h2-13,16,24H,14-15,17-18H2,1H3/t24-,27-/m1/s1.